The first kappa shape index (κ1) is 16.3. The Morgan fingerprint density at radius 1 is 1.24 bits per heavy atom. The van der Waals surface area contributed by atoms with Gasteiger partial charge in [-0.05, 0) is 50.6 Å². The molecule has 1 fully saturated rings. The average Bonchev–Trinajstić information content (AvgIpc) is 2.50. The number of nitrogens with one attached hydrogen (secondary N) is 1. The molecule has 4 nitrogen and oxygen atoms in total. The lowest BCUT2D eigenvalue weighted by molar-refractivity contribution is 0.0543. The van der Waals surface area contributed by atoms with Gasteiger partial charge in [-0.2, -0.15) is 0 Å². The number of likely N-dealkylation sites (N-methyl/N-ethyl adjacent to an activating group) is 1. The van der Waals surface area contributed by atoms with Crippen LogP contribution in [0.2, 0.25) is 0 Å². The van der Waals surface area contributed by atoms with Crippen LogP contribution in [0.15, 0.2) is 24.3 Å². The molecule has 0 spiro atoms. The van der Waals surface area contributed by atoms with Crippen LogP contribution in [-0.2, 0) is 11.3 Å². The van der Waals surface area contributed by atoms with E-state index in [1.807, 2.05) is 19.2 Å². The Balaban J connectivity index is 1.63. The van der Waals surface area contributed by atoms with Crippen LogP contribution in [-0.4, -0.2) is 51.9 Å². The maximum Gasteiger partial charge on any atom is 0.119 e. The van der Waals surface area contributed by atoms with Crippen molar-refractivity contribution in [2.24, 2.45) is 5.92 Å². The SMILES string of the molecule is CNCc1ccc(OCCN(C)CC2CCOCC2)cc1. The van der Waals surface area contributed by atoms with Crippen LogP contribution in [0.1, 0.15) is 18.4 Å². The minimum atomic E-state index is 0.741. The molecule has 1 heterocycles. The molecular formula is C17H28N2O2. The van der Waals surface area contributed by atoms with Gasteiger partial charge in [0.25, 0.3) is 0 Å². The molecule has 0 radical (unpaired) electrons. The summed E-state index contributed by atoms with van der Waals surface area (Å²) in [5.41, 5.74) is 1.28. The van der Waals surface area contributed by atoms with Crippen molar-refractivity contribution in [3.8, 4) is 5.75 Å². The summed E-state index contributed by atoms with van der Waals surface area (Å²) in [6.07, 6.45) is 2.39. The van der Waals surface area contributed by atoms with Gasteiger partial charge in [0.1, 0.15) is 12.4 Å². The Hall–Kier alpha value is -1.10. The molecule has 118 valence electrons. The van der Waals surface area contributed by atoms with E-state index in [4.69, 9.17) is 9.47 Å². The number of ether oxygens (including phenoxy) is 2. The maximum atomic E-state index is 5.81. The summed E-state index contributed by atoms with van der Waals surface area (Å²) in [6, 6.07) is 8.31. The molecule has 0 aliphatic carbocycles. The molecule has 0 unspecified atom stereocenters. The van der Waals surface area contributed by atoms with Gasteiger partial charge in [0.15, 0.2) is 0 Å². The van der Waals surface area contributed by atoms with Gasteiger partial charge in [0.05, 0.1) is 0 Å². The second kappa shape index (κ2) is 9.03. The number of benzene rings is 1. The van der Waals surface area contributed by atoms with Gasteiger partial charge in [0, 0.05) is 32.8 Å². The molecule has 0 bridgehead atoms. The van der Waals surface area contributed by atoms with Crippen molar-refractivity contribution in [1.29, 1.82) is 0 Å². The lowest BCUT2D eigenvalue weighted by Crippen LogP contribution is -2.32. The number of nitrogens with zero attached hydrogens (tertiary/aromatic N) is 1. The van der Waals surface area contributed by atoms with Crippen LogP contribution in [0.3, 0.4) is 0 Å². The Kier molecular flexibility index (Phi) is 7.00. The van der Waals surface area contributed by atoms with Gasteiger partial charge < -0.3 is 19.7 Å². The average molecular weight is 292 g/mol. The molecule has 0 aromatic heterocycles. The molecule has 1 aromatic rings. The van der Waals surface area contributed by atoms with E-state index in [-0.39, 0.29) is 0 Å². The molecule has 1 aliphatic heterocycles. The smallest absolute Gasteiger partial charge is 0.119 e. The quantitative estimate of drug-likeness (QED) is 0.796. The van der Waals surface area contributed by atoms with Gasteiger partial charge in [-0.3, -0.25) is 0 Å². The van der Waals surface area contributed by atoms with Crippen molar-refractivity contribution < 1.29 is 9.47 Å². The summed E-state index contributed by atoms with van der Waals surface area (Å²) < 4.78 is 11.2. The Bertz CT molecular complexity index is 388. The zero-order valence-corrected chi connectivity index (χ0v) is 13.3. The van der Waals surface area contributed by atoms with Crippen molar-refractivity contribution in [3.05, 3.63) is 29.8 Å². The predicted molar refractivity (Wildman–Crippen MR) is 85.7 cm³/mol. The topological polar surface area (TPSA) is 33.7 Å². The summed E-state index contributed by atoms with van der Waals surface area (Å²) >= 11 is 0. The third-order valence-corrected chi connectivity index (χ3v) is 3.96. The molecule has 0 amide bonds. The molecule has 0 saturated carbocycles. The van der Waals surface area contributed by atoms with Gasteiger partial charge in [-0.15, -0.1) is 0 Å². The van der Waals surface area contributed by atoms with Gasteiger partial charge in [-0.1, -0.05) is 12.1 Å². The van der Waals surface area contributed by atoms with Crippen molar-refractivity contribution in [2.45, 2.75) is 19.4 Å². The zero-order chi connectivity index (χ0) is 14.9. The summed E-state index contributed by atoms with van der Waals surface area (Å²) in [6.45, 7) is 5.60. The standard InChI is InChI=1S/C17H28N2O2/c1-18-13-15-3-5-17(6-4-15)21-12-9-19(2)14-16-7-10-20-11-8-16/h3-6,16,18H,7-14H2,1-2H3. The summed E-state index contributed by atoms with van der Waals surface area (Å²) in [4.78, 5) is 2.37. The molecule has 1 N–H and O–H groups in total. The van der Waals surface area contributed by atoms with E-state index in [1.54, 1.807) is 0 Å². The molecule has 1 aromatic carbocycles. The number of rotatable bonds is 8. The third kappa shape index (κ3) is 6.04. The van der Waals surface area contributed by atoms with Crippen LogP contribution in [0.4, 0.5) is 0 Å². The van der Waals surface area contributed by atoms with E-state index in [2.05, 4.69) is 29.4 Å². The second-order valence-corrected chi connectivity index (χ2v) is 5.84. The minimum Gasteiger partial charge on any atom is -0.492 e. The minimum absolute atomic E-state index is 0.741. The fourth-order valence-electron chi connectivity index (χ4n) is 2.69. The highest BCUT2D eigenvalue weighted by Crippen LogP contribution is 2.16. The fraction of sp³-hybridized carbons (Fsp3) is 0.647. The first-order valence-electron chi connectivity index (χ1n) is 7.90. The molecule has 4 heteroatoms. The highest BCUT2D eigenvalue weighted by molar-refractivity contribution is 5.27. The van der Waals surface area contributed by atoms with Crippen molar-refractivity contribution in [1.82, 2.24) is 10.2 Å². The normalized spacial score (nSPS) is 16.3. The van der Waals surface area contributed by atoms with E-state index in [9.17, 15) is 0 Å². The molecule has 21 heavy (non-hydrogen) atoms. The lowest BCUT2D eigenvalue weighted by Gasteiger charge is -2.27. The van der Waals surface area contributed by atoms with Crippen LogP contribution in [0.25, 0.3) is 0 Å². The fourth-order valence-corrected chi connectivity index (χ4v) is 2.69. The number of hydrogen-bond acceptors (Lipinski definition) is 4. The van der Waals surface area contributed by atoms with Gasteiger partial charge in [-0.25, -0.2) is 0 Å². The Labute approximate surface area is 128 Å². The van der Waals surface area contributed by atoms with Crippen LogP contribution in [0.5, 0.6) is 5.75 Å². The molecular weight excluding hydrogens is 264 g/mol. The van der Waals surface area contributed by atoms with E-state index in [1.165, 1.54) is 18.4 Å². The largest absolute Gasteiger partial charge is 0.492 e. The van der Waals surface area contributed by atoms with E-state index in [0.717, 1.165) is 51.1 Å². The van der Waals surface area contributed by atoms with Crippen molar-refractivity contribution in [2.75, 3.05) is 47.0 Å². The summed E-state index contributed by atoms with van der Waals surface area (Å²) in [5.74, 6) is 1.74. The molecule has 2 rings (SSSR count). The predicted octanol–water partition coefficient (Wildman–Crippen LogP) is 2.14. The summed E-state index contributed by atoms with van der Waals surface area (Å²) in [5, 5.41) is 3.14. The van der Waals surface area contributed by atoms with E-state index in [0.29, 0.717) is 0 Å². The monoisotopic (exact) mass is 292 g/mol. The molecule has 1 saturated heterocycles. The maximum absolute atomic E-state index is 5.81. The Morgan fingerprint density at radius 2 is 1.95 bits per heavy atom. The molecule has 0 atom stereocenters. The van der Waals surface area contributed by atoms with Crippen LogP contribution in [0, 0.1) is 5.92 Å². The van der Waals surface area contributed by atoms with Gasteiger partial charge in [0.2, 0.25) is 0 Å². The zero-order valence-electron chi connectivity index (χ0n) is 13.3. The molecule has 1 aliphatic rings. The van der Waals surface area contributed by atoms with Crippen LogP contribution < -0.4 is 10.1 Å². The second-order valence-electron chi connectivity index (χ2n) is 5.84. The van der Waals surface area contributed by atoms with E-state index < -0.39 is 0 Å². The van der Waals surface area contributed by atoms with Crippen molar-refractivity contribution in [3.63, 3.8) is 0 Å². The van der Waals surface area contributed by atoms with E-state index >= 15 is 0 Å². The lowest BCUT2D eigenvalue weighted by atomic mass is 10.00. The highest BCUT2D eigenvalue weighted by Gasteiger charge is 2.15. The third-order valence-electron chi connectivity index (χ3n) is 3.96. The highest BCUT2D eigenvalue weighted by atomic mass is 16.5. The first-order chi connectivity index (χ1) is 10.3. The van der Waals surface area contributed by atoms with Gasteiger partial charge >= 0.3 is 0 Å². The Morgan fingerprint density at radius 3 is 2.62 bits per heavy atom. The van der Waals surface area contributed by atoms with Crippen molar-refractivity contribution >= 4 is 0 Å². The summed E-state index contributed by atoms with van der Waals surface area (Å²) in [7, 11) is 4.13. The van der Waals surface area contributed by atoms with Crippen LogP contribution >= 0.6 is 0 Å². The number of hydrogen-bond donors (Lipinski definition) is 1. The first-order valence-corrected chi connectivity index (χ1v) is 7.90.